The fraction of sp³-hybridized carbons (Fsp3) is 0.923. The third-order valence-electron chi connectivity index (χ3n) is 2.59. The van der Waals surface area contributed by atoms with E-state index in [0.717, 1.165) is 6.42 Å². The summed E-state index contributed by atoms with van der Waals surface area (Å²) in [5, 5.41) is 12.3. The minimum Gasteiger partial charge on any atom is -0.480 e. The van der Waals surface area contributed by atoms with Crippen molar-refractivity contribution in [3.8, 4) is 0 Å². The standard InChI is InChI=1S/C13H27NO2/c1-6-7-8-10(2)9-11(12(15)16)14-13(3,4)5/h10-11,14H,6-9H2,1-5H3,(H,15,16). The zero-order valence-electron chi connectivity index (χ0n) is 11.3. The van der Waals surface area contributed by atoms with Crippen LogP contribution in [0.25, 0.3) is 0 Å². The molecule has 96 valence electrons. The molecule has 0 rings (SSSR count). The number of carbonyl (C=O) groups is 1. The van der Waals surface area contributed by atoms with E-state index >= 15 is 0 Å². The third kappa shape index (κ3) is 7.69. The number of carboxylic acid groups (broad SMARTS) is 1. The summed E-state index contributed by atoms with van der Waals surface area (Å²) in [6.45, 7) is 10.3. The smallest absolute Gasteiger partial charge is 0.320 e. The fourth-order valence-corrected chi connectivity index (χ4v) is 1.82. The first-order chi connectivity index (χ1) is 7.26. The minimum atomic E-state index is -0.738. The molecule has 16 heavy (non-hydrogen) atoms. The van der Waals surface area contributed by atoms with E-state index in [1.54, 1.807) is 0 Å². The van der Waals surface area contributed by atoms with E-state index in [4.69, 9.17) is 5.11 Å². The molecule has 0 saturated heterocycles. The number of hydrogen-bond donors (Lipinski definition) is 2. The summed E-state index contributed by atoms with van der Waals surface area (Å²) in [7, 11) is 0. The van der Waals surface area contributed by atoms with Gasteiger partial charge in [-0.25, -0.2) is 0 Å². The van der Waals surface area contributed by atoms with Crippen LogP contribution in [0.2, 0.25) is 0 Å². The van der Waals surface area contributed by atoms with Crippen molar-refractivity contribution in [3.63, 3.8) is 0 Å². The summed E-state index contributed by atoms with van der Waals surface area (Å²) in [6.07, 6.45) is 4.19. The normalized spacial score (nSPS) is 15.8. The average Bonchev–Trinajstić information content (AvgIpc) is 2.11. The van der Waals surface area contributed by atoms with Gasteiger partial charge >= 0.3 is 5.97 Å². The maximum absolute atomic E-state index is 11.1. The van der Waals surface area contributed by atoms with Gasteiger partial charge in [0.05, 0.1) is 0 Å². The Balaban J connectivity index is 4.18. The van der Waals surface area contributed by atoms with Gasteiger partial charge in [-0.1, -0.05) is 33.1 Å². The highest BCUT2D eigenvalue weighted by Gasteiger charge is 2.24. The van der Waals surface area contributed by atoms with E-state index in [2.05, 4.69) is 19.2 Å². The van der Waals surface area contributed by atoms with Crippen molar-refractivity contribution < 1.29 is 9.90 Å². The van der Waals surface area contributed by atoms with Gasteiger partial charge in [0.1, 0.15) is 6.04 Å². The molecule has 0 saturated carbocycles. The zero-order chi connectivity index (χ0) is 12.8. The lowest BCUT2D eigenvalue weighted by atomic mass is 9.94. The number of unbranched alkanes of at least 4 members (excludes halogenated alkanes) is 1. The molecular weight excluding hydrogens is 202 g/mol. The molecule has 0 aromatic carbocycles. The predicted molar refractivity (Wildman–Crippen MR) is 67.6 cm³/mol. The summed E-state index contributed by atoms with van der Waals surface area (Å²) in [4.78, 5) is 11.1. The van der Waals surface area contributed by atoms with E-state index in [0.29, 0.717) is 12.3 Å². The number of nitrogens with one attached hydrogen (secondary N) is 1. The van der Waals surface area contributed by atoms with E-state index < -0.39 is 12.0 Å². The lowest BCUT2D eigenvalue weighted by Gasteiger charge is -2.27. The van der Waals surface area contributed by atoms with Crippen LogP contribution in [0.1, 0.15) is 60.3 Å². The van der Waals surface area contributed by atoms with Gasteiger partial charge in [0.2, 0.25) is 0 Å². The van der Waals surface area contributed by atoms with Crippen LogP contribution in [0.15, 0.2) is 0 Å². The molecule has 0 aromatic rings. The molecule has 0 bridgehead atoms. The van der Waals surface area contributed by atoms with Gasteiger partial charge in [-0.3, -0.25) is 10.1 Å². The summed E-state index contributed by atoms with van der Waals surface area (Å²) < 4.78 is 0. The van der Waals surface area contributed by atoms with E-state index in [1.165, 1.54) is 12.8 Å². The highest BCUT2D eigenvalue weighted by Crippen LogP contribution is 2.16. The van der Waals surface area contributed by atoms with Gasteiger partial charge in [0.25, 0.3) is 0 Å². The van der Waals surface area contributed by atoms with E-state index in [9.17, 15) is 4.79 Å². The van der Waals surface area contributed by atoms with Crippen LogP contribution in [0.4, 0.5) is 0 Å². The van der Waals surface area contributed by atoms with Gasteiger partial charge < -0.3 is 5.11 Å². The van der Waals surface area contributed by atoms with Crippen molar-refractivity contribution >= 4 is 5.97 Å². The van der Waals surface area contributed by atoms with Crippen molar-refractivity contribution in [3.05, 3.63) is 0 Å². The van der Waals surface area contributed by atoms with Gasteiger partial charge in [0, 0.05) is 5.54 Å². The molecule has 0 fully saturated rings. The molecule has 2 N–H and O–H groups in total. The Morgan fingerprint density at radius 3 is 2.31 bits per heavy atom. The first-order valence-electron chi connectivity index (χ1n) is 6.26. The lowest BCUT2D eigenvalue weighted by molar-refractivity contribution is -0.140. The number of hydrogen-bond acceptors (Lipinski definition) is 2. The first-order valence-corrected chi connectivity index (χ1v) is 6.26. The Kier molecular flexibility index (Phi) is 6.65. The Morgan fingerprint density at radius 2 is 1.94 bits per heavy atom. The summed E-state index contributed by atoms with van der Waals surface area (Å²) >= 11 is 0. The molecule has 0 spiro atoms. The lowest BCUT2D eigenvalue weighted by Crippen LogP contribution is -2.48. The second-order valence-corrected chi connectivity index (χ2v) is 5.77. The van der Waals surface area contributed by atoms with E-state index in [1.807, 2.05) is 20.8 Å². The molecule has 0 aromatic heterocycles. The summed E-state index contributed by atoms with van der Waals surface area (Å²) in [5.74, 6) is -0.269. The summed E-state index contributed by atoms with van der Waals surface area (Å²) in [5.41, 5.74) is -0.145. The van der Waals surface area contributed by atoms with Crippen molar-refractivity contribution in [1.29, 1.82) is 0 Å². The molecule has 0 aliphatic rings. The van der Waals surface area contributed by atoms with Crippen LogP contribution in [-0.4, -0.2) is 22.7 Å². The molecule has 0 radical (unpaired) electrons. The SMILES string of the molecule is CCCCC(C)CC(NC(C)(C)C)C(=O)O. The Hall–Kier alpha value is -0.570. The first kappa shape index (κ1) is 15.4. The van der Waals surface area contributed by atoms with Gasteiger partial charge in [-0.2, -0.15) is 0 Å². The molecule has 2 atom stereocenters. The highest BCUT2D eigenvalue weighted by atomic mass is 16.4. The predicted octanol–water partition coefficient (Wildman–Crippen LogP) is 3.04. The van der Waals surface area contributed by atoms with Crippen LogP contribution in [0.3, 0.4) is 0 Å². The quantitative estimate of drug-likeness (QED) is 0.705. The molecule has 3 nitrogen and oxygen atoms in total. The Labute approximate surface area is 99.6 Å². The largest absolute Gasteiger partial charge is 0.480 e. The van der Waals surface area contributed by atoms with Gasteiger partial charge in [-0.05, 0) is 33.1 Å². The third-order valence-corrected chi connectivity index (χ3v) is 2.59. The van der Waals surface area contributed by atoms with Crippen molar-refractivity contribution in [1.82, 2.24) is 5.32 Å². The number of carboxylic acids is 1. The highest BCUT2D eigenvalue weighted by molar-refractivity contribution is 5.73. The topological polar surface area (TPSA) is 49.3 Å². The van der Waals surface area contributed by atoms with Crippen LogP contribution in [0.5, 0.6) is 0 Å². The van der Waals surface area contributed by atoms with Crippen molar-refractivity contribution in [2.75, 3.05) is 0 Å². The van der Waals surface area contributed by atoms with Crippen LogP contribution in [0, 0.1) is 5.92 Å². The molecule has 0 aliphatic heterocycles. The second-order valence-electron chi connectivity index (χ2n) is 5.77. The number of aliphatic carboxylic acids is 1. The fourth-order valence-electron chi connectivity index (χ4n) is 1.82. The van der Waals surface area contributed by atoms with Crippen molar-refractivity contribution in [2.45, 2.75) is 71.9 Å². The monoisotopic (exact) mass is 229 g/mol. The number of rotatable bonds is 7. The average molecular weight is 229 g/mol. The molecule has 0 amide bonds. The second kappa shape index (κ2) is 6.89. The molecular formula is C13H27NO2. The molecule has 2 unspecified atom stereocenters. The van der Waals surface area contributed by atoms with Crippen LogP contribution >= 0.6 is 0 Å². The Bertz CT molecular complexity index is 208. The molecule has 0 heterocycles. The van der Waals surface area contributed by atoms with Crippen LogP contribution in [-0.2, 0) is 4.79 Å². The van der Waals surface area contributed by atoms with Gasteiger partial charge in [-0.15, -0.1) is 0 Å². The summed E-state index contributed by atoms with van der Waals surface area (Å²) in [6, 6.07) is -0.424. The van der Waals surface area contributed by atoms with E-state index in [-0.39, 0.29) is 5.54 Å². The maximum atomic E-state index is 11.1. The maximum Gasteiger partial charge on any atom is 0.320 e. The van der Waals surface area contributed by atoms with Gasteiger partial charge in [0.15, 0.2) is 0 Å². The molecule has 3 heteroatoms. The molecule has 0 aliphatic carbocycles. The minimum absolute atomic E-state index is 0.145. The Morgan fingerprint density at radius 1 is 1.38 bits per heavy atom. The zero-order valence-corrected chi connectivity index (χ0v) is 11.3. The van der Waals surface area contributed by atoms with Crippen LogP contribution < -0.4 is 5.32 Å². The van der Waals surface area contributed by atoms with Crippen molar-refractivity contribution in [2.24, 2.45) is 5.92 Å².